The summed E-state index contributed by atoms with van der Waals surface area (Å²) in [6.07, 6.45) is 0. The standard InChI is InChI=1S/C25H25NO/c1-20(21-12-14-24(15-13-21)26-16-18-27-19-17-26)25(22-8-4-2-5-9-22)23-10-6-3-7-11-23/h2-15H,16-19H2,1H3. The van der Waals surface area contributed by atoms with E-state index in [1.165, 1.54) is 33.5 Å². The van der Waals surface area contributed by atoms with Crippen molar-refractivity contribution >= 4 is 16.8 Å². The number of hydrogen-bond acceptors (Lipinski definition) is 2. The van der Waals surface area contributed by atoms with Gasteiger partial charge >= 0.3 is 0 Å². The van der Waals surface area contributed by atoms with Gasteiger partial charge in [0, 0.05) is 18.8 Å². The lowest BCUT2D eigenvalue weighted by molar-refractivity contribution is 0.122. The van der Waals surface area contributed by atoms with Crippen LogP contribution < -0.4 is 4.90 Å². The minimum Gasteiger partial charge on any atom is -0.378 e. The molecule has 0 atom stereocenters. The Balaban J connectivity index is 1.73. The molecule has 1 heterocycles. The van der Waals surface area contributed by atoms with E-state index >= 15 is 0 Å². The molecule has 0 N–H and O–H groups in total. The highest BCUT2D eigenvalue weighted by Crippen LogP contribution is 2.32. The first-order valence-corrected chi connectivity index (χ1v) is 9.58. The van der Waals surface area contributed by atoms with Crippen LogP contribution in [0.15, 0.2) is 84.9 Å². The van der Waals surface area contributed by atoms with Gasteiger partial charge in [-0.05, 0) is 46.9 Å². The maximum atomic E-state index is 5.46. The summed E-state index contributed by atoms with van der Waals surface area (Å²) in [5.41, 5.74) is 7.61. The normalized spacial score (nSPS) is 14.0. The van der Waals surface area contributed by atoms with Crippen molar-refractivity contribution in [2.45, 2.75) is 6.92 Å². The van der Waals surface area contributed by atoms with Gasteiger partial charge in [0.25, 0.3) is 0 Å². The summed E-state index contributed by atoms with van der Waals surface area (Å²) in [6, 6.07) is 30.3. The summed E-state index contributed by atoms with van der Waals surface area (Å²) in [7, 11) is 0. The van der Waals surface area contributed by atoms with Crippen molar-refractivity contribution in [3.63, 3.8) is 0 Å². The fourth-order valence-electron chi connectivity index (χ4n) is 3.70. The van der Waals surface area contributed by atoms with E-state index in [-0.39, 0.29) is 0 Å². The second-order valence-corrected chi connectivity index (χ2v) is 6.88. The van der Waals surface area contributed by atoms with Crippen LogP contribution in [0.5, 0.6) is 0 Å². The van der Waals surface area contributed by atoms with Crippen LogP contribution in [0.25, 0.3) is 11.1 Å². The second-order valence-electron chi connectivity index (χ2n) is 6.88. The number of anilines is 1. The van der Waals surface area contributed by atoms with Crippen LogP contribution in [-0.4, -0.2) is 26.3 Å². The van der Waals surface area contributed by atoms with Crippen molar-refractivity contribution in [3.8, 4) is 0 Å². The van der Waals surface area contributed by atoms with Crippen LogP contribution in [0.2, 0.25) is 0 Å². The predicted molar refractivity (Wildman–Crippen MR) is 114 cm³/mol. The molecule has 0 aliphatic carbocycles. The zero-order chi connectivity index (χ0) is 18.5. The molecule has 0 unspecified atom stereocenters. The lowest BCUT2D eigenvalue weighted by Gasteiger charge is -2.29. The van der Waals surface area contributed by atoms with Gasteiger partial charge in [-0.25, -0.2) is 0 Å². The van der Waals surface area contributed by atoms with Crippen LogP contribution >= 0.6 is 0 Å². The van der Waals surface area contributed by atoms with E-state index in [9.17, 15) is 0 Å². The number of hydrogen-bond donors (Lipinski definition) is 0. The molecular formula is C25H25NO. The van der Waals surface area contributed by atoms with Crippen LogP contribution in [0, 0.1) is 0 Å². The van der Waals surface area contributed by atoms with Crippen molar-refractivity contribution < 1.29 is 4.74 Å². The number of ether oxygens (including phenoxy) is 1. The molecule has 0 saturated carbocycles. The first-order chi connectivity index (χ1) is 13.3. The summed E-state index contributed by atoms with van der Waals surface area (Å²) in [5.74, 6) is 0. The molecule has 0 spiro atoms. The molecule has 1 aliphatic heterocycles. The number of rotatable bonds is 4. The molecule has 1 fully saturated rings. The van der Waals surface area contributed by atoms with E-state index < -0.39 is 0 Å². The largest absolute Gasteiger partial charge is 0.378 e. The third-order valence-electron chi connectivity index (χ3n) is 5.18. The highest BCUT2D eigenvalue weighted by atomic mass is 16.5. The number of morpholine rings is 1. The van der Waals surface area contributed by atoms with Gasteiger partial charge in [0.15, 0.2) is 0 Å². The van der Waals surface area contributed by atoms with Crippen LogP contribution in [0.1, 0.15) is 23.6 Å². The van der Waals surface area contributed by atoms with Crippen molar-refractivity contribution in [1.82, 2.24) is 0 Å². The maximum absolute atomic E-state index is 5.46. The molecular weight excluding hydrogens is 330 g/mol. The number of nitrogens with zero attached hydrogens (tertiary/aromatic N) is 1. The zero-order valence-electron chi connectivity index (χ0n) is 15.8. The molecule has 3 aromatic carbocycles. The lowest BCUT2D eigenvalue weighted by atomic mass is 9.90. The van der Waals surface area contributed by atoms with Gasteiger partial charge in [-0.15, -0.1) is 0 Å². The Morgan fingerprint density at radius 3 is 1.70 bits per heavy atom. The first-order valence-electron chi connectivity index (χ1n) is 9.58. The molecule has 0 amide bonds. The van der Waals surface area contributed by atoms with E-state index in [0.29, 0.717) is 0 Å². The van der Waals surface area contributed by atoms with Crippen molar-refractivity contribution in [2.24, 2.45) is 0 Å². The Kier molecular flexibility index (Phi) is 5.36. The van der Waals surface area contributed by atoms with E-state index in [1.54, 1.807) is 0 Å². The van der Waals surface area contributed by atoms with Crippen molar-refractivity contribution in [1.29, 1.82) is 0 Å². The molecule has 136 valence electrons. The average molecular weight is 355 g/mol. The Morgan fingerprint density at radius 1 is 0.667 bits per heavy atom. The van der Waals surface area contributed by atoms with Crippen LogP contribution in [0.4, 0.5) is 5.69 Å². The van der Waals surface area contributed by atoms with Crippen LogP contribution in [-0.2, 0) is 4.74 Å². The molecule has 2 nitrogen and oxygen atoms in total. The third kappa shape index (κ3) is 3.96. The van der Waals surface area contributed by atoms with E-state index in [0.717, 1.165) is 26.3 Å². The Labute approximate surface area is 161 Å². The molecule has 4 rings (SSSR count). The molecule has 1 saturated heterocycles. The molecule has 1 aliphatic rings. The minimum absolute atomic E-state index is 0.812. The maximum Gasteiger partial charge on any atom is 0.0642 e. The van der Waals surface area contributed by atoms with Gasteiger partial charge in [-0.1, -0.05) is 72.8 Å². The van der Waals surface area contributed by atoms with E-state index in [2.05, 4.69) is 96.8 Å². The van der Waals surface area contributed by atoms with Crippen molar-refractivity contribution in [3.05, 3.63) is 102 Å². The predicted octanol–water partition coefficient (Wildman–Crippen LogP) is 5.50. The molecule has 0 aromatic heterocycles. The fraction of sp³-hybridized carbons (Fsp3) is 0.200. The van der Waals surface area contributed by atoms with Gasteiger partial charge < -0.3 is 9.64 Å². The average Bonchev–Trinajstić information content (AvgIpc) is 2.76. The van der Waals surface area contributed by atoms with E-state index in [1.807, 2.05) is 0 Å². The van der Waals surface area contributed by atoms with E-state index in [4.69, 9.17) is 4.74 Å². The summed E-state index contributed by atoms with van der Waals surface area (Å²) < 4.78 is 5.46. The van der Waals surface area contributed by atoms with Crippen molar-refractivity contribution in [2.75, 3.05) is 31.2 Å². The fourth-order valence-corrected chi connectivity index (χ4v) is 3.70. The molecule has 27 heavy (non-hydrogen) atoms. The summed E-state index contributed by atoms with van der Waals surface area (Å²) >= 11 is 0. The molecule has 0 radical (unpaired) electrons. The van der Waals surface area contributed by atoms with Crippen LogP contribution in [0.3, 0.4) is 0 Å². The minimum atomic E-state index is 0.812. The highest BCUT2D eigenvalue weighted by Gasteiger charge is 2.13. The second kappa shape index (κ2) is 8.24. The van der Waals surface area contributed by atoms with Gasteiger partial charge in [0.05, 0.1) is 13.2 Å². The van der Waals surface area contributed by atoms with Gasteiger partial charge in [0.2, 0.25) is 0 Å². The summed E-state index contributed by atoms with van der Waals surface area (Å²) in [4.78, 5) is 2.39. The third-order valence-corrected chi connectivity index (χ3v) is 5.18. The monoisotopic (exact) mass is 355 g/mol. The molecule has 0 bridgehead atoms. The smallest absolute Gasteiger partial charge is 0.0642 e. The Bertz CT molecular complexity index is 851. The lowest BCUT2D eigenvalue weighted by Crippen LogP contribution is -2.36. The SMILES string of the molecule is CC(=C(c1ccccc1)c1ccccc1)c1ccc(N2CCOCC2)cc1. The summed E-state index contributed by atoms with van der Waals surface area (Å²) in [5, 5.41) is 0. The highest BCUT2D eigenvalue weighted by molar-refractivity contribution is 5.97. The Hall–Kier alpha value is -2.84. The summed E-state index contributed by atoms with van der Waals surface area (Å²) in [6.45, 7) is 5.78. The first kappa shape index (κ1) is 17.6. The van der Waals surface area contributed by atoms with Gasteiger partial charge in [0.1, 0.15) is 0 Å². The van der Waals surface area contributed by atoms with Gasteiger partial charge in [-0.2, -0.15) is 0 Å². The topological polar surface area (TPSA) is 12.5 Å². The number of allylic oxidation sites excluding steroid dienone is 1. The van der Waals surface area contributed by atoms with Gasteiger partial charge in [-0.3, -0.25) is 0 Å². The Morgan fingerprint density at radius 2 is 1.19 bits per heavy atom. The quantitative estimate of drug-likeness (QED) is 0.573. The zero-order valence-corrected chi connectivity index (χ0v) is 15.8. The number of benzene rings is 3. The molecule has 2 heteroatoms. The molecule has 3 aromatic rings.